The number of carbonyl (C=O) groups excluding carboxylic acids is 1. The van der Waals surface area contributed by atoms with Crippen molar-refractivity contribution in [2.45, 2.75) is 38.1 Å². The molecule has 1 aliphatic carbocycles. The third-order valence-corrected chi connectivity index (χ3v) is 4.97. The van der Waals surface area contributed by atoms with Crippen LogP contribution in [0.3, 0.4) is 0 Å². The standard InChI is InChI=1S/C20H25N3O4/c24-19(14-26-16-5-2-1-3-6-16)23-11-4-7-17(23)20-21-18(22-27-20)10-12-25-13-15-8-9-15/h1-3,5-6,15,17H,4,7-14H2. The van der Waals surface area contributed by atoms with E-state index in [-0.39, 0.29) is 18.6 Å². The lowest BCUT2D eigenvalue weighted by molar-refractivity contribution is -0.134. The number of amides is 1. The highest BCUT2D eigenvalue weighted by molar-refractivity contribution is 5.78. The zero-order valence-electron chi connectivity index (χ0n) is 15.4. The molecular formula is C20H25N3O4. The topological polar surface area (TPSA) is 77.7 Å². The van der Waals surface area contributed by atoms with Gasteiger partial charge in [-0.15, -0.1) is 0 Å². The highest BCUT2D eigenvalue weighted by Crippen LogP contribution is 2.31. The van der Waals surface area contributed by atoms with Crippen LogP contribution in [0, 0.1) is 5.92 Å². The van der Waals surface area contributed by atoms with Gasteiger partial charge in [0.25, 0.3) is 5.91 Å². The molecule has 1 unspecified atom stereocenters. The van der Waals surface area contributed by atoms with Crippen molar-refractivity contribution in [3.63, 3.8) is 0 Å². The maximum Gasteiger partial charge on any atom is 0.261 e. The van der Waals surface area contributed by atoms with Gasteiger partial charge in [-0.2, -0.15) is 4.98 Å². The fourth-order valence-electron chi connectivity index (χ4n) is 3.27. The summed E-state index contributed by atoms with van der Waals surface area (Å²) >= 11 is 0. The number of rotatable bonds is 9. The highest BCUT2D eigenvalue weighted by atomic mass is 16.5. The van der Waals surface area contributed by atoms with E-state index in [1.54, 1.807) is 4.90 Å². The minimum absolute atomic E-state index is 0.0104. The summed E-state index contributed by atoms with van der Waals surface area (Å²) in [6.07, 6.45) is 4.95. The van der Waals surface area contributed by atoms with Crippen LogP contribution in [0.15, 0.2) is 34.9 Å². The average Bonchev–Trinajstić information content (AvgIpc) is 3.19. The van der Waals surface area contributed by atoms with Crippen LogP contribution in [0.25, 0.3) is 0 Å². The van der Waals surface area contributed by atoms with Gasteiger partial charge in [0.05, 0.1) is 6.61 Å². The minimum atomic E-state index is -0.162. The van der Waals surface area contributed by atoms with Crippen molar-refractivity contribution >= 4 is 5.91 Å². The fraction of sp³-hybridized carbons (Fsp3) is 0.550. The van der Waals surface area contributed by atoms with E-state index in [1.807, 2.05) is 30.3 Å². The van der Waals surface area contributed by atoms with E-state index < -0.39 is 0 Å². The maximum absolute atomic E-state index is 12.6. The molecule has 1 aromatic heterocycles. The largest absolute Gasteiger partial charge is 0.484 e. The van der Waals surface area contributed by atoms with Crippen LogP contribution in [0.2, 0.25) is 0 Å². The lowest BCUT2D eigenvalue weighted by atomic mass is 10.2. The van der Waals surface area contributed by atoms with E-state index in [9.17, 15) is 4.79 Å². The second-order valence-electron chi connectivity index (χ2n) is 7.16. The molecule has 144 valence electrons. The Morgan fingerprint density at radius 3 is 2.89 bits per heavy atom. The number of aromatic nitrogens is 2. The Bertz CT molecular complexity index is 745. The molecule has 2 heterocycles. The minimum Gasteiger partial charge on any atom is -0.484 e. The summed E-state index contributed by atoms with van der Waals surface area (Å²) in [7, 11) is 0. The molecule has 1 aliphatic heterocycles. The molecule has 1 amide bonds. The zero-order chi connectivity index (χ0) is 18.5. The van der Waals surface area contributed by atoms with E-state index in [1.165, 1.54) is 12.8 Å². The van der Waals surface area contributed by atoms with E-state index in [0.29, 0.717) is 37.0 Å². The third-order valence-electron chi connectivity index (χ3n) is 4.97. The van der Waals surface area contributed by atoms with Gasteiger partial charge in [0, 0.05) is 19.6 Å². The van der Waals surface area contributed by atoms with Gasteiger partial charge in [-0.1, -0.05) is 23.4 Å². The number of likely N-dealkylation sites (tertiary alicyclic amines) is 1. The lowest BCUT2D eigenvalue weighted by Gasteiger charge is -2.21. The first kappa shape index (κ1) is 18.0. The smallest absolute Gasteiger partial charge is 0.261 e. The molecule has 2 fully saturated rings. The Kier molecular flexibility index (Phi) is 5.67. The van der Waals surface area contributed by atoms with Crippen LogP contribution in [-0.2, 0) is 16.0 Å². The molecule has 1 aromatic carbocycles. The number of carbonyl (C=O) groups is 1. The Balaban J connectivity index is 1.28. The number of nitrogens with zero attached hydrogens (tertiary/aromatic N) is 3. The average molecular weight is 371 g/mol. The number of hydrogen-bond donors (Lipinski definition) is 0. The zero-order valence-corrected chi connectivity index (χ0v) is 15.4. The van der Waals surface area contributed by atoms with Crippen LogP contribution >= 0.6 is 0 Å². The van der Waals surface area contributed by atoms with Crippen molar-refractivity contribution in [3.05, 3.63) is 42.0 Å². The van der Waals surface area contributed by atoms with Gasteiger partial charge in [-0.05, 0) is 43.7 Å². The first-order chi connectivity index (χ1) is 13.3. The number of hydrogen-bond acceptors (Lipinski definition) is 6. The fourth-order valence-corrected chi connectivity index (χ4v) is 3.27. The van der Waals surface area contributed by atoms with Gasteiger partial charge >= 0.3 is 0 Å². The SMILES string of the molecule is O=C(COc1ccccc1)N1CCCC1c1nc(CCOCC2CC2)no1. The molecule has 4 rings (SSSR count). The molecule has 7 heteroatoms. The van der Waals surface area contributed by atoms with E-state index in [2.05, 4.69) is 10.1 Å². The van der Waals surface area contributed by atoms with Crippen molar-refractivity contribution in [2.24, 2.45) is 5.92 Å². The Morgan fingerprint density at radius 1 is 1.22 bits per heavy atom. The maximum atomic E-state index is 12.6. The molecule has 1 saturated heterocycles. The summed E-state index contributed by atoms with van der Waals surface area (Å²) in [4.78, 5) is 18.8. The Hall–Kier alpha value is -2.41. The highest BCUT2D eigenvalue weighted by Gasteiger charge is 2.34. The van der Waals surface area contributed by atoms with Crippen molar-refractivity contribution in [1.82, 2.24) is 15.0 Å². The quantitative estimate of drug-likeness (QED) is 0.631. The summed E-state index contributed by atoms with van der Waals surface area (Å²) < 4.78 is 16.6. The van der Waals surface area contributed by atoms with E-state index in [0.717, 1.165) is 25.4 Å². The summed E-state index contributed by atoms with van der Waals surface area (Å²) in [6, 6.07) is 9.19. The predicted octanol–water partition coefficient (Wildman–Crippen LogP) is 2.78. The molecule has 0 N–H and O–H groups in total. The van der Waals surface area contributed by atoms with Gasteiger partial charge in [0.15, 0.2) is 12.4 Å². The molecular weight excluding hydrogens is 346 g/mol. The summed E-state index contributed by atoms with van der Waals surface area (Å²) in [5.41, 5.74) is 0. The molecule has 1 atom stereocenters. The van der Waals surface area contributed by atoms with Crippen molar-refractivity contribution < 1.29 is 18.8 Å². The van der Waals surface area contributed by atoms with Crippen LogP contribution in [0.5, 0.6) is 5.75 Å². The van der Waals surface area contributed by atoms with Crippen LogP contribution in [-0.4, -0.2) is 47.3 Å². The van der Waals surface area contributed by atoms with Crippen LogP contribution in [0.1, 0.15) is 43.4 Å². The number of benzene rings is 1. The van der Waals surface area contributed by atoms with Gasteiger partial charge < -0.3 is 18.9 Å². The first-order valence-electron chi connectivity index (χ1n) is 9.67. The first-order valence-corrected chi connectivity index (χ1v) is 9.67. The van der Waals surface area contributed by atoms with Crippen molar-refractivity contribution in [3.8, 4) is 5.75 Å². The van der Waals surface area contributed by atoms with E-state index >= 15 is 0 Å². The molecule has 0 radical (unpaired) electrons. The molecule has 2 aromatic rings. The molecule has 27 heavy (non-hydrogen) atoms. The molecule has 7 nitrogen and oxygen atoms in total. The van der Waals surface area contributed by atoms with Gasteiger partial charge in [-0.25, -0.2) is 0 Å². The summed E-state index contributed by atoms with van der Waals surface area (Å²) in [6.45, 7) is 2.13. The third kappa shape index (κ3) is 4.86. The summed E-state index contributed by atoms with van der Waals surface area (Å²) in [5, 5.41) is 4.05. The molecule has 0 bridgehead atoms. The van der Waals surface area contributed by atoms with Gasteiger partial charge in [0.2, 0.25) is 5.89 Å². The van der Waals surface area contributed by atoms with Gasteiger partial charge in [-0.3, -0.25) is 4.79 Å². The van der Waals surface area contributed by atoms with Crippen LogP contribution < -0.4 is 4.74 Å². The normalized spacial score (nSPS) is 19.4. The number of para-hydroxylation sites is 1. The molecule has 2 aliphatic rings. The van der Waals surface area contributed by atoms with Gasteiger partial charge in [0.1, 0.15) is 11.8 Å². The van der Waals surface area contributed by atoms with E-state index in [4.69, 9.17) is 14.0 Å². The van der Waals surface area contributed by atoms with Crippen molar-refractivity contribution in [2.75, 3.05) is 26.4 Å². The monoisotopic (exact) mass is 371 g/mol. The Labute approximate surface area is 158 Å². The second kappa shape index (κ2) is 8.52. The molecule has 1 saturated carbocycles. The second-order valence-corrected chi connectivity index (χ2v) is 7.16. The lowest BCUT2D eigenvalue weighted by Crippen LogP contribution is -2.34. The number of ether oxygens (including phenoxy) is 2. The molecule has 0 spiro atoms. The predicted molar refractivity (Wildman–Crippen MR) is 97.2 cm³/mol. The summed E-state index contributed by atoms with van der Waals surface area (Å²) in [5.74, 6) is 2.53. The Morgan fingerprint density at radius 2 is 2.07 bits per heavy atom. The van der Waals surface area contributed by atoms with Crippen LogP contribution in [0.4, 0.5) is 0 Å². The van der Waals surface area contributed by atoms with Crippen molar-refractivity contribution in [1.29, 1.82) is 0 Å².